The van der Waals surface area contributed by atoms with E-state index in [0.29, 0.717) is 0 Å². The smallest absolute Gasteiger partial charge is 0.151 e. The lowest BCUT2D eigenvalue weighted by atomic mass is 9.76. The van der Waals surface area contributed by atoms with E-state index in [1.54, 1.807) is 0 Å². The van der Waals surface area contributed by atoms with Gasteiger partial charge < -0.3 is 23.8 Å². The van der Waals surface area contributed by atoms with Gasteiger partial charge in [0.25, 0.3) is 0 Å². The molecule has 0 spiro atoms. The molecule has 5 heteroatoms. The van der Waals surface area contributed by atoms with Gasteiger partial charge in [0.05, 0.1) is 28.6 Å². The lowest BCUT2D eigenvalue weighted by Crippen LogP contribution is -2.47. The lowest BCUT2D eigenvalue weighted by Gasteiger charge is -2.46. The fraction of sp³-hybridized carbons (Fsp3) is 0.127. The number of anilines is 3. The van der Waals surface area contributed by atoms with Crippen molar-refractivity contribution in [2.45, 2.75) is 56.6 Å². The summed E-state index contributed by atoms with van der Waals surface area (Å²) in [6.07, 6.45) is 28.0. The van der Waals surface area contributed by atoms with E-state index in [1.165, 1.54) is 89.0 Å². The number of aromatic nitrogens is 1. The highest BCUT2D eigenvalue weighted by atomic mass is 16.5. The summed E-state index contributed by atoms with van der Waals surface area (Å²) in [5.74, 6) is 2.72. The zero-order valence-corrected chi connectivity index (χ0v) is 42.4. The van der Waals surface area contributed by atoms with Gasteiger partial charge in [0, 0.05) is 39.1 Å². The molecule has 76 heavy (non-hydrogen) atoms. The molecule has 0 radical (unpaired) electrons. The largest absolute Gasteiger partial charge is 0.482 e. The third-order valence-corrected chi connectivity index (χ3v) is 16.7. The second-order valence-electron chi connectivity index (χ2n) is 21.2. The quantitative estimate of drug-likeness (QED) is 0.159. The van der Waals surface area contributed by atoms with Gasteiger partial charge in [-0.15, -0.1) is 0 Å². The number of hydrogen-bond acceptors (Lipinski definition) is 4. The Hall–Kier alpha value is -9.06. The number of rotatable bonds is 7. The molecule has 3 atom stereocenters. The number of nitrogens with zero attached hydrogens (tertiary/aromatic N) is 3. The van der Waals surface area contributed by atoms with E-state index in [0.717, 1.165) is 66.4 Å². The first-order chi connectivity index (χ1) is 37.5. The molecule has 0 bridgehead atoms. The molecule has 3 heterocycles. The van der Waals surface area contributed by atoms with Crippen LogP contribution >= 0.6 is 0 Å². The molecule has 0 amide bonds. The van der Waals surface area contributed by atoms with E-state index in [2.05, 4.69) is 240 Å². The lowest BCUT2D eigenvalue weighted by molar-refractivity contribution is 0.0600. The molecule has 2 aliphatic heterocycles. The van der Waals surface area contributed by atoms with E-state index in [4.69, 9.17) is 9.47 Å². The van der Waals surface area contributed by atoms with Gasteiger partial charge in [-0.3, -0.25) is 0 Å². The van der Waals surface area contributed by atoms with E-state index >= 15 is 0 Å². The predicted octanol–water partition coefficient (Wildman–Crippen LogP) is 18.0. The Morgan fingerprint density at radius 2 is 1.22 bits per heavy atom. The number of benzene rings is 8. The zero-order valence-electron chi connectivity index (χ0n) is 42.4. The summed E-state index contributed by atoms with van der Waals surface area (Å²) in [4.78, 5) is 4.79. The number of allylic oxidation sites excluding steroid dienone is 8. The normalized spacial score (nSPS) is 20.0. The van der Waals surface area contributed by atoms with Crippen molar-refractivity contribution in [2.75, 3.05) is 4.90 Å². The topological polar surface area (TPSA) is 29.9 Å². The van der Waals surface area contributed by atoms with Crippen LogP contribution in [0.3, 0.4) is 0 Å². The van der Waals surface area contributed by atoms with Crippen LogP contribution < -0.4 is 9.64 Å². The first-order valence-corrected chi connectivity index (χ1v) is 27.0. The van der Waals surface area contributed by atoms with Gasteiger partial charge in [-0.05, 0) is 167 Å². The fourth-order valence-corrected chi connectivity index (χ4v) is 12.6. The van der Waals surface area contributed by atoms with Crippen molar-refractivity contribution in [3.05, 3.63) is 276 Å². The van der Waals surface area contributed by atoms with Gasteiger partial charge in [0.15, 0.2) is 11.5 Å². The average molecular weight is 982 g/mol. The Labute approximate surface area is 444 Å². The Morgan fingerprint density at radius 1 is 0.566 bits per heavy atom. The highest BCUT2D eigenvalue weighted by Crippen LogP contribution is 2.51. The maximum absolute atomic E-state index is 6.48. The molecule has 15 rings (SSSR count). The van der Waals surface area contributed by atoms with E-state index in [1.807, 2.05) is 24.3 Å². The van der Waals surface area contributed by atoms with Crippen molar-refractivity contribution >= 4 is 50.4 Å². The molecule has 8 aromatic carbocycles. The van der Waals surface area contributed by atoms with Crippen LogP contribution in [0.1, 0.15) is 55.0 Å². The highest BCUT2D eigenvalue weighted by Gasteiger charge is 2.39. The van der Waals surface area contributed by atoms with E-state index in [-0.39, 0.29) is 17.6 Å². The number of fused-ring (bicyclic) bond motifs is 8. The third kappa shape index (κ3) is 7.44. The number of para-hydroxylation sites is 4. The van der Waals surface area contributed by atoms with Gasteiger partial charge in [0.2, 0.25) is 0 Å². The SMILES string of the molecule is CC1(c2ccc(C3=Cc4c(n(-c5ccc6ccccc6c5)c5ccc(-c6ccc(-c7ccc(N8c9ccccc9Oc9ccccc98)cc7)cc6)cc45)CC3)cc2)C=CC(N2C3=CCCC=C3OC3C=CC=CC32)=CC1. The summed E-state index contributed by atoms with van der Waals surface area (Å²) in [5.41, 5.74) is 19.4. The van der Waals surface area contributed by atoms with Crippen LogP contribution in [0.5, 0.6) is 11.5 Å². The predicted molar refractivity (Wildman–Crippen MR) is 312 cm³/mol. The molecule has 3 unspecified atom stereocenters. The molecule has 366 valence electrons. The van der Waals surface area contributed by atoms with Crippen molar-refractivity contribution < 1.29 is 9.47 Å². The first-order valence-electron chi connectivity index (χ1n) is 27.0. The van der Waals surface area contributed by atoms with Crippen LogP contribution in [0.25, 0.3) is 61.3 Å². The van der Waals surface area contributed by atoms with Gasteiger partial charge in [-0.1, -0.05) is 165 Å². The van der Waals surface area contributed by atoms with Gasteiger partial charge in [-0.25, -0.2) is 0 Å². The first kappa shape index (κ1) is 44.4. The molecule has 1 saturated heterocycles. The second kappa shape index (κ2) is 17.8. The van der Waals surface area contributed by atoms with Crippen LogP contribution in [-0.4, -0.2) is 21.6 Å². The van der Waals surface area contributed by atoms with Crippen LogP contribution in [0, 0.1) is 0 Å². The Morgan fingerprint density at radius 3 is 1.99 bits per heavy atom. The average Bonchev–Trinajstić information content (AvgIpc) is 3.84. The Kier molecular flexibility index (Phi) is 10.4. The summed E-state index contributed by atoms with van der Waals surface area (Å²) < 4.78 is 15.3. The molecule has 6 aliphatic rings. The van der Waals surface area contributed by atoms with Crippen molar-refractivity contribution in [3.8, 4) is 39.4 Å². The molecule has 1 fully saturated rings. The minimum atomic E-state index is -0.111. The van der Waals surface area contributed by atoms with Crippen LogP contribution in [0.15, 0.2) is 254 Å². The third-order valence-electron chi connectivity index (χ3n) is 16.7. The van der Waals surface area contributed by atoms with Gasteiger partial charge in [-0.2, -0.15) is 0 Å². The number of ether oxygens (including phenoxy) is 2. The number of hydrogen-bond donors (Lipinski definition) is 0. The standard InChI is InChI=1S/C71H55N3O2/c1-71(42-40-57(41-43-71)73-65-16-6-10-20-69(65)76-70-21-11-7-17-66(70)73)55-33-26-51(27-34-55)54-32-39-62-60(46-54)59-45-53(31-38-61(59)74(62)58-37-30-47-12-2-3-13-52(47)44-58)50-24-22-48(23-25-50)49-28-35-56(36-29-49)72-63-14-4-8-18-67(63)75-68-19-9-5-15-64(68)72/h2-6,8-10,12-31,33-38,40-42,44-46,65,69H,7,11,32,39,43H2,1H3. The maximum Gasteiger partial charge on any atom is 0.151 e. The number of morpholine rings is 1. The monoisotopic (exact) mass is 981 g/mol. The van der Waals surface area contributed by atoms with Crippen molar-refractivity contribution in [2.24, 2.45) is 0 Å². The minimum absolute atomic E-state index is 0.0135. The minimum Gasteiger partial charge on any atom is -0.482 e. The molecule has 0 N–H and O–H groups in total. The summed E-state index contributed by atoms with van der Waals surface area (Å²) >= 11 is 0. The molecule has 5 nitrogen and oxygen atoms in total. The van der Waals surface area contributed by atoms with Crippen molar-refractivity contribution in [1.82, 2.24) is 9.47 Å². The molecular formula is C71H55N3O2. The molecule has 4 aliphatic carbocycles. The highest BCUT2D eigenvalue weighted by molar-refractivity contribution is 6.01. The molecule has 9 aromatic rings. The molecular weight excluding hydrogens is 927 g/mol. The van der Waals surface area contributed by atoms with E-state index < -0.39 is 0 Å². The summed E-state index contributed by atoms with van der Waals surface area (Å²) in [7, 11) is 0. The van der Waals surface area contributed by atoms with Crippen LogP contribution in [0.2, 0.25) is 0 Å². The molecule has 0 saturated carbocycles. The van der Waals surface area contributed by atoms with Gasteiger partial charge in [0.1, 0.15) is 11.9 Å². The van der Waals surface area contributed by atoms with Crippen LogP contribution in [0.4, 0.5) is 17.1 Å². The second-order valence-corrected chi connectivity index (χ2v) is 21.2. The van der Waals surface area contributed by atoms with Crippen molar-refractivity contribution in [3.63, 3.8) is 0 Å². The summed E-state index contributed by atoms with van der Waals surface area (Å²) in [5, 5.41) is 3.78. The zero-order chi connectivity index (χ0) is 50.3. The molecule has 1 aromatic heterocycles. The van der Waals surface area contributed by atoms with Gasteiger partial charge >= 0.3 is 0 Å². The maximum atomic E-state index is 6.48. The van der Waals surface area contributed by atoms with Crippen LogP contribution in [-0.2, 0) is 16.6 Å². The Bertz CT molecular complexity index is 4000. The summed E-state index contributed by atoms with van der Waals surface area (Å²) in [6.45, 7) is 2.38. The van der Waals surface area contributed by atoms with E-state index in [9.17, 15) is 0 Å². The van der Waals surface area contributed by atoms with Crippen molar-refractivity contribution in [1.29, 1.82) is 0 Å². The Balaban J connectivity index is 0.732. The summed E-state index contributed by atoms with van der Waals surface area (Å²) in [6, 6.07) is 66.7. The fourth-order valence-electron chi connectivity index (χ4n) is 12.6.